The van der Waals surface area contributed by atoms with Gasteiger partial charge in [-0.1, -0.05) is 6.07 Å². The number of nitrogens with one attached hydrogen (secondary N) is 4. The summed E-state index contributed by atoms with van der Waals surface area (Å²) in [5.74, 6) is 0.238. The molecule has 0 saturated heterocycles. The zero-order chi connectivity index (χ0) is 30.8. The van der Waals surface area contributed by atoms with Crippen molar-refractivity contribution >= 4 is 45.7 Å². The van der Waals surface area contributed by atoms with Crippen molar-refractivity contribution in [3.05, 3.63) is 65.5 Å². The number of H-pyrrole nitrogens is 1. The van der Waals surface area contributed by atoms with Crippen molar-refractivity contribution in [2.24, 2.45) is 0 Å². The molecule has 0 aliphatic rings. The maximum absolute atomic E-state index is 13.0. The molecule has 0 saturated carbocycles. The predicted molar refractivity (Wildman–Crippen MR) is 161 cm³/mol. The van der Waals surface area contributed by atoms with Gasteiger partial charge in [0, 0.05) is 34.6 Å². The van der Waals surface area contributed by atoms with Gasteiger partial charge in [-0.25, -0.2) is 9.59 Å². The van der Waals surface area contributed by atoms with Crippen molar-refractivity contribution in [1.82, 2.24) is 20.2 Å². The SMILES string of the molecule is COc1ccc2[nH]c(C(=O)NCCc3ccc4c(c3)c(C(=N)NC(=O)OC(C)(C)C)cn4C(=O)OC(C)(C)C)cc2c1. The third-order valence-corrected chi connectivity index (χ3v) is 6.13. The molecule has 2 amide bonds. The highest BCUT2D eigenvalue weighted by atomic mass is 16.6. The van der Waals surface area contributed by atoms with Crippen molar-refractivity contribution in [3.8, 4) is 5.75 Å². The lowest BCUT2D eigenvalue weighted by Crippen LogP contribution is -2.36. The van der Waals surface area contributed by atoms with Crippen LogP contribution in [0.2, 0.25) is 0 Å². The average molecular weight is 576 g/mol. The van der Waals surface area contributed by atoms with Crippen LogP contribution < -0.4 is 15.4 Å². The fourth-order valence-electron chi connectivity index (χ4n) is 4.34. The molecular formula is C31H37N5O6. The van der Waals surface area contributed by atoms with Gasteiger partial charge < -0.3 is 24.5 Å². The van der Waals surface area contributed by atoms with Crippen molar-refractivity contribution in [1.29, 1.82) is 5.41 Å². The first-order chi connectivity index (χ1) is 19.6. The van der Waals surface area contributed by atoms with Gasteiger partial charge in [0.2, 0.25) is 0 Å². The van der Waals surface area contributed by atoms with E-state index in [-0.39, 0.29) is 11.7 Å². The number of hydrogen-bond donors (Lipinski definition) is 4. The van der Waals surface area contributed by atoms with Gasteiger partial charge in [0.05, 0.1) is 12.6 Å². The lowest BCUT2D eigenvalue weighted by atomic mass is 10.1. The molecule has 0 spiro atoms. The first kappa shape index (κ1) is 30.2. The summed E-state index contributed by atoms with van der Waals surface area (Å²) in [6.45, 7) is 10.8. The molecule has 2 aromatic heterocycles. The summed E-state index contributed by atoms with van der Waals surface area (Å²) in [5, 5.41) is 15.4. The number of nitrogens with zero attached hydrogens (tertiary/aromatic N) is 1. The van der Waals surface area contributed by atoms with Crippen molar-refractivity contribution in [2.45, 2.75) is 59.2 Å². The van der Waals surface area contributed by atoms with Gasteiger partial charge in [0.1, 0.15) is 28.5 Å². The van der Waals surface area contributed by atoms with Gasteiger partial charge in [-0.05, 0) is 89.9 Å². The van der Waals surface area contributed by atoms with E-state index in [0.29, 0.717) is 40.9 Å². The molecule has 2 heterocycles. The van der Waals surface area contributed by atoms with E-state index in [0.717, 1.165) is 16.5 Å². The van der Waals surface area contributed by atoms with Crippen LogP contribution in [0, 0.1) is 5.41 Å². The summed E-state index contributed by atoms with van der Waals surface area (Å²) < 4.78 is 17.4. The fraction of sp³-hybridized carbons (Fsp3) is 0.355. The molecule has 11 heteroatoms. The normalized spacial score (nSPS) is 11.8. The Hall–Kier alpha value is -4.80. The molecule has 4 rings (SSSR count). The number of amidine groups is 1. The summed E-state index contributed by atoms with van der Waals surface area (Å²) in [6, 6.07) is 12.7. The van der Waals surface area contributed by atoms with E-state index in [1.807, 2.05) is 30.3 Å². The maximum Gasteiger partial charge on any atom is 0.419 e. The minimum Gasteiger partial charge on any atom is -0.497 e. The first-order valence-corrected chi connectivity index (χ1v) is 13.5. The summed E-state index contributed by atoms with van der Waals surface area (Å²) >= 11 is 0. The molecule has 0 unspecified atom stereocenters. The number of alkyl carbamates (subject to hydrolysis) is 1. The van der Waals surface area contributed by atoms with Crippen molar-refractivity contribution in [3.63, 3.8) is 0 Å². The van der Waals surface area contributed by atoms with Gasteiger partial charge >= 0.3 is 12.2 Å². The minimum atomic E-state index is -0.778. The summed E-state index contributed by atoms with van der Waals surface area (Å²) in [6.07, 6.45) is 0.564. The zero-order valence-corrected chi connectivity index (χ0v) is 24.9. The summed E-state index contributed by atoms with van der Waals surface area (Å²) in [7, 11) is 1.59. The number of methoxy groups -OCH3 is 1. The lowest BCUT2D eigenvalue weighted by molar-refractivity contribution is 0.0540. The van der Waals surface area contributed by atoms with E-state index in [9.17, 15) is 14.4 Å². The molecule has 0 radical (unpaired) electrons. The number of aromatic nitrogens is 2. The molecule has 4 N–H and O–H groups in total. The van der Waals surface area contributed by atoms with E-state index in [2.05, 4.69) is 15.6 Å². The Bertz CT molecular complexity index is 1670. The van der Waals surface area contributed by atoms with E-state index in [1.165, 1.54) is 10.8 Å². The van der Waals surface area contributed by atoms with E-state index in [1.54, 1.807) is 60.8 Å². The van der Waals surface area contributed by atoms with Gasteiger partial charge in [-0.2, -0.15) is 0 Å². The third kappa shape index (κ3) is 7.28. The summed E-state index contributed by atoms with van der Waals surface area (Å²) in [4.78, 5) is 41.3. The van der Waals surface area contributed by atoms with Crippen LogP contribution in [0.3, 0.4) is 0 Å². The quantitative estimate of drug-likeness (QED) is 0.170. The monoisotopic (exact) mass is 575 g/mol. The third-order valence-electron chi connectivity index (χ3n) is 6.13. The molecule has 222 valence electrons. The first-order valence-electron chi connectivity index (χ1n) is 13.5. The van der Waals surface area contributed by atoms with Gasteiger partial charge in [0.25, 0.3) is 5.91 Å². The number of ether oxygens (including phenoxy) is 3. The highest BCUT2D eigenvalue weighted by Gasteiger charge is 2.24. The Labute approximate surface area is 244 Å². The second-order valence-electron chi connectivity index (χ2n) is 11.9. The number of rotatable bonds is 6. The molecule has 2 aromatic carbocycles. The van der Waals surface area contributed by atoms with Crippen molar-refractivity contribution < 1.29 is 28.6 Å². The van der Waals surface area contributed by atoms with Gasteiger partial charge in [0.15, 0.2) is 0 Å². The Balaban J connectivity index is 1.54. The molecule has 0 fully saturated rings. The van der Waals surface area contributed by atoms with Gasteiger partial charge in [-0.15, -0.1) is 0 Å². The predicted octanol–water partition coefficient (Wildman–Crippen LogP) is 5.74. The smallest absolute Gasteiger partial charge is 0.419 e. The molecule has 0 aliphatic carbocycles. The number of aromatic amines is 1. The number of benzene rings is 2. The fourth-order valence-corrected chi connectivity index (χ4v) is 4.34. The number of hydrogen-bond acceptors (Lipinski definition) is 7. The molecule has 4 aromatic rings. The standard InChI is InChI=1S/C31H37N5O6/c1-30(2,3)41-28(38)35-26(32)22-17-36(29(39)42-31(4,5)6)25-11-8-18(14-21(22)25)12-13-33-27(37)24-16-19-15-20(40-7)9-10-23(19)34-24/h8-11,14-17,34H,12-13H2,1-7H3,(H,33,37)(H2,32,35,38). The molecule has 0 aliphatic heterocycles. The number of carbonyl (C=O) groups is 3. The van der Waals surface area contributed by atoms with E-state index in [4.69, 9.17) is 19.6 Å². The van der Waals surface area contributed by atoms with Crippen LogP contribution in [0.15, 0.2) is 48.7 Å². The zero-order valence-electron chi connectivity index (χ0n) is 24.9. The second kappa shape index (κ2) is 11.6. The van der Waals surface area contributed by atoms with E-state index < -0.39 is 23.4 Å². The van der Waals surface area contributed by atoms with E-state index >= 15 is 0 Å². The Morgan fingerprint density at radius 1 is 0.952 bits per heavy atom. The minimum absolute atomic E-state index is 0.225. The van der Waals surface area contributed by atoms with Crippen LogP contribution in [-0.4, -0.2) is 58.3 Å². The summed E-state index contributed by atoms with van der Waals surface area (Å²) in [5.41, 5.74) is 1.48. The Kier molecular flexibility index (Phi) is 8.33. The highest BCUT2D eigenvalue weighted by Crippen LogP contribution is 2.25. The maximum atomic E-state index is 13.0. The number of amides is 2. The molecule has 0 bridgehead atoms. The van der Waals surface area contributed by atoms with Crippen LogP contribution >= 0.6 is 0 Å². The highest BCUT2D eigenvalue weighted by molar-refractivity contribution is 6.14. The van der Waals surface area contributed by atoms with Crippen LogP contribution in [0.4, 0.5) is 9.59 Å². The second-order valence-corrected chi connectivity index (χ2v) is 11.9. The van der Waals surface area contributed by atoms with Gasteiger partial charge in [-0.3, -0.25) is 20.1 Å². The number of carbonyl (C=O) groups excluding carboxylic acids is 3. The molecule has 0 atom stereocenters. The van der Waals surface area contributed by atoms with Crippen molar-refractivity contribution in [2.75, 3.05) is 13.7 Å². The van der Waals surface area contributed by atoms with Crippen LogP contribution in [0.5, 0.6) is 5.75 Å². The lowest BCUT2D eigenvalue weighted by Gasteiger charge is -2.20. The van der Waals surface area contributed by atoms with Crippen LogP contribution in [0.1, 0.15) is 63.2 Å². The Morgan fingerprint density at radius 2 is 1.67 bits per heavy atom. The number of fused-ring (bicyclic) bond motifs is 2. The molecule has 42 heavy (non-hydrogen) atoms. The van der Waals surface area contributed by atoms with Crippen LogP contribution in [-0.2, 0) is 15.9 Å². The molecular weight excluding hydrogens is 538 g/mol. The van der Waals surface area contributed by atoms with Crippen LogP contribution in [0.25, 0.3) is 21.8 Å². The molecule has 11 nitrogen and oxygen atoms in total. The topological polar surface area (TPSA) is 148 Å². The Morgan fingerprint density at radius 3 is 2.33 bits per heavy atom. The largest absolute Gasteiger partial charge is 0.497 e. The average Bonchev–Trinajstić information content (AvgIpc) is 3.47.